The molecule has 78 valence electrons. The largest absolute Gasteiger partial charge is 0.330 e. The quantitative estimate of drug-likeness (QED) is 0.859. The first-order valence-electron chi connectivity index (χ1n) is 4.42. The summed E-state index contributed by atoms with van der Waals surface area (Å²) in [4.78, 5) is 12.6. The van der Waals surface area contributed by atoms with E-state index in [0.29, 0.717) is 13.0 Å². The van der Waals surface area contributed by atoms with Crippen molar-refractivity contribution in [2.45, 2.75) is 20.3 Å². The normalized spacial score (nSPS) is 11.7. The molecule has 0 aliphatic carbocycles. The second-order valence-corrected chi connectivity index (χ2v) is 5.92. The van der Waals surface area contributed by atoms with Crippen LogP contribution in [-0.2, 0) is 0 Å². The summed E-state index contributed by atoms with van der Waals surface area (Å²) in [5.74, 6) is 0.177. The monoisotopic (exact) mass is 275 g/mol. The van der Waals surface area contributed by atoms with Crippen LogP contribution in [-0.4, -0.2) is 12.3 Å². The van der Waals surface area contributed by atoms with Gasteiger partial charge in [0, 0.05) is 16.3 Å². The van der Waals surface area contributed by atoms with Crippen molar-refractivity contribution in [3.8, 4) is 0 Å². The average molecular weight is 276 g/mol. The maximum atomic E-state index is 11.8. The van der Waals surface area contributed by atoms with E-state index in [1.807, 2.05) is 25.3 Å². The fraction of sp³-hybridized carbons (Fsp3) is 0.500. The molecule has 0 aliphatic rings. The van der Waals surface area contributed by atoms with E-state index in [0.717, 1.165) is 9.35 Å². The minimum atomic E-state index is -0.104. The highest BCUT2D eigenvalue weighted by Crippen LogP contribution is 2.26. The Bertz CT molecular complexity index is 333. The maximum Gasteiger partial charge on any atom is 0.173 e. The van der Waals surface area contributed by atoms with E-state index in [-0.39, 0.29) is 11.2 Å². The van der Waals surface area contributed by atoms with Crippen molar-refractivity contribution >= 4 is 33.0 Å². The first kappa shape index (κ1) is 11.9. The van der Waals surface area contributed by atoms with Gasteiger partial charge in [-0.2, -0.15) is 0 Å². The number of carbonyl (C=O) groups is 1. The predicted octanol–water partition coefficient (Wildman–Crippen LogP) is 3.07. The fourth-order valence-electron chi connectivity index (χ4n) is 1.05. The Morgan fingerprint density at radius 1 is 1.64 bits per heavy atom. The van der Waals surface area contributed by atoms with Crippen LogP contribution in [0.5, 0.6) is 0 Å². The molecule has 0 atom stereocenters. The predicted molar refractivity (Wildman–Crippen MR) is 63.8 cm³/mol. The van der Waals surface area contributed by atoms with Gasteiger partial charge in [0.2, 0.25) is 0 Å². The van der Waals surface area contributed by atoms with Crippen LogP contribution in [0.2, 0.25) is 0 Å². The van der Waals surface area contributed by atoms with Gasteiger partial charge in [0.15, 0.2) is 5.78 Å². The van der Waals surface area contributed by atoms with Crippen LogP contribution >= 0.6 is 27.3 Å². The van der Waals surface area contributed by atoms with Crippen LogP contribution in [0.3, 0.4) is 0 Å². The van der Waals surface area contributed by atoms with Crippen molar-refractivity contribution in [1.82, 2.24) is 0 Å². The minimum Gasteiger partial charge on any atom is -0.330 e. The molecule has 1 aromatic rings. The zero-order valence-corrected chi connectivity index (χ0v) is 10.7. The summed E-state index contributed by atoms with van der Waals surface area (Å²) in [5, 5.41) is 1.92. The topological polar surface area (TPSA) is 43.1 Å². The molecule has 2 N–H and O–H groups in total. The lowest BCUT2D eigenvalue weighted by molar-refractivity contribution is 0.0939. The zero-order chi connectivity index (χ0) is 10.8. The number of Topliss-reactive ketones (excluding diaryl/α,β-unsaturated/α-hetero) is 1. The molecule has 0 fully saturated rings. The Morgan fingerprint density at radius 3 is 2.71 bits per heavy atom. The number of ketones is 1. The van der Waals surface area contributed by atoms with Gasteiger partial charge in [-0.1, -0.05) is 13.8 Å². The highest BCUT2D eigenvalue weighted by molar-refractivity contribution is 9.10. The number of rotatable bonds is 4. The number of hydrogen-bond acceptors (Lipinski definition) is 3. The van der Waals surface area contributed by atoms with Gasteiger partial charge in [-0.05, 0) is 34.0 Å². The Balaban J connectivity index is 2.68. The molecule has 1 rings (SSSR count). The average Bonchev–Trinajstić information content (AvgIpc) is 2.51. The summed E-state index contributed by atoms with van der Waals surface area (Å²) in [6.07, 6.45) is 0.510. The van der Waals surface area contributed by atoms with Crippen molar-refractivity contribution in [1.29, 1.82) is 0 Å². The molecule has 4 heteroatoms. The molecule has 0 saturated heterocycles. The summed E-state index contributed by atoms with van der Waals surface area (Å²) in [6, 6.07) is 1.86. The van der Waals surface area contributed by atoms with Gasteiger partial charge >= 0.3 is 0 Å². The Hall–Kier alpha value is -0.190. The SMILES string of the molecule is CC(C)(CN)CC(=O)c1cc(Br)cs1. The molecular weight excluding hydrogens is 262 g/mol. The molecule has 1 aromatic heterocycles. The van der Waals surface area contributed by atoms with E-state index < -0.39 is 0 Å². The van der Waals surface area contributed by atoms with Gasteiger partial charge in [0.25, 0.3) is 0 Å². The molecule has 0 spiro atoms. The van der Waals surface area contributed by atoms with Gasteiger partial charge in [0.05, 0.1) is 4.88 Å². The van der Waals surface area contributed by atoms with Gasteiger partial charge in [-0.25, -0.2) is 0 Å². The van der Waals surface area contributed by atoms with Crippen LogP contribution in [0.25, 0.3) is 0 Å². The third kappa shape index (κ3) is 3.19. The lowest BCUT2D eigenvalue weighted by Crippen LogP contribution is -2.26. The first-order valence-corrected chi connectivity index (χ1v) is 6.09. The fourth-order valence-corrected chi connectivity index (χ4v) is 2.42. The number of hydrogen-bond donors (Lipinski definition) is 1. The van der Waals surface area contributed by atoms with Gasteiger partial charge in [0.1, 0.15) is 0 Å². The lowest BCUT2D eigenvalue weighted by atomic mass is 9.87. The van der Waals surface area contributed by atoms with Crippen LogP contribution in [0.1, 0.15) is 29.9 Å². The van der Waals surface area contributed by atoms with Crippen molar-refractivity contribution in [2.24, 2.45) is 11.1 Å². The molecule has 14 heavy (non-hydrogen) atoms. The summed E-state index contributed by atoms with van der Waals surface area (Å²) in [5.41, 5.74) is 5.48. The third-order valence-electron chi connectivity index (χ3n) is 2.03. The standard InChI is InChI=1S/C10H14BrNOS/c1-10(2,6-12)4-8(13)9-3-7(11)5-14-9/h3,5H,4,6,12H2,1-2H3. The number of nitrogens with two attached hydrogens (primary N) is 1. The van der Waals surface area contributed by atoms with E-state index in [1.54, 1.807) is 0 Å². The molecule has 1 heterocycles. The highest BCUT2D eigenvalue weighted by atomic mass is 79.9. The summed E-state index contributed by atoms with van der Waals surface area (Å²) in [6.45, 7) is 4.55. The number of carbonyl (C=O) groups excluding carboxylic acids is 1. The number of halogens is 1. The Kier molecular flexibility index (Phi) is 3.86. The van der Waals surface area contributed by atoms with Crippen LogP contribution in [0, 0.1) is 5.41 Å². The molecule has 2 nitrogen and oxygen atoms in total. The van der Waals surface area contributed by atoms with Crippen molar-refractivity contribution in [2.75, 3.05) is 6.54 Å². The molecule has 0 radical (unpaired) electrons. The first-order chi connectivity index (χ1) is 6.44. The van der Waals surface area contributed by atoms with Crippen LogP contribution < -0.4 is 5.73 Å². The second kappa shape index (κ2) is 4.55. The molecule has 0 saturated carbocycles. The van der Waals surface area contributed by atoms with E-state index in [1.165, 1.54) is 11.3 Å². The smallest absolute Gasteiger partial charge is 0.173 e. The summed E-state index contributed by atoms with van der Waals surface area (Å²) >= 11 is 4.80. The molecule has 0 bridgehead atoms. The van der Waals surface area contributed by atoms with E-state index in [2.05, 4.69) is 15.9 Å². The van der Waals surface area contributed by atoms with Gasteiger partial charge in [-0.15, -0.1) is 11.3 Å². The van der Waals surface area contributed by atoms with Crippen LogP contribution in [0.15, 0.2) is 15.9 Å². The maximum absolute atomic E-state index is 11.8. The van der Waals surface area contributed by atoms with Crippen LogP contribution in [0.4, 0.5) is 0 Å². The highest BCUT2D eigenvalue weighted by Gasteiger charge is 2.21. The molecular formula is C10H14BrNOS. The third-order valence-corrected chi connectivity index (χ3v) is 3.77. The van der Waals surface area contributed by atoms with E-state index >= 15 is 0 Å². The summed E-state index contributed by atoms with van der Waals surface area (Å²) < 4.78 is 0.969. The molecule has 0 unspecified atom stereocenters. The minimum absolute atomic E-state index is 0.104. The lowest BCUT2D eigenvalue weighted by Gasteiger charge is -2.20. The number of thiophene rings is 1. The van der Waals surface area contributed by atoms with Crippen molar-refractivity contribution in [3.63, 3.8) is 0 Å². The Morgan fingerprint density at radius 2 is 2.29 bits per heavy atom. The molecule has 0 amide bonds. The van der Waals surface area contributed by atoms with Crippen molar-refractivity contribution < 1.29 is 4.79 Å². The second-order valence-electron chi connectivity index (χ2n) is 4.10. The van der Waals surface area contributed by atoms with Crippen molar-refractivity contribution in [3.05, 3.63) is 20.8 Å². The van der Waals surface area contributed by atoms with E-state index in [4.69, 9.17) is 5.73 Å². The zero-order valence-electron chi connectivity index (χ0n) is 8.34. The molecule has 0 aromatic carbocycles. The molecule has 0 aliphatic heterocycles. The van der Waals surface area contributed by atoms with Gasteiger partial charge < -0.3 is 5.73 Å². The van der Waals surface area contributed by atoms with E-state index in [9.17, 15) is 4.79 Å². The summed E-state index contributed by atoms with van der Waals surface area (Å²) in [7, 11) is 0. The Labute approximate surface area is 96.6 Å². The van der Waals surface area contributed by atoms with Gasteiger partial charge in [-0.3, -0.25) is 4.79 Å².